The summed E-state index contributed by atoms with van der Waals surface area (Å²) in [5.74, 6) is -2.72. The maximum Gasteiger partial charge on any atom is 0.392 e. The van der Waals surface area contributed by atoms with Gasteiger partial charge in [-0.2, -0.15) is 13.2 Å². The van der Waals surface area contributed by atoms with E-state index < -0.39 is 24.0 Å². The molecule has 2 rings (SSSR count). The first-order valence-electron chi connectivity index (χ1n) is 4.94. The SMILES string of the molecule is O[C@@H]1C[C@H](C(F)(F)F)CC2(C1)OCCO2. The van der Waals surface area contributed by atoms with Crippen molar-refractivity contribution in [3.63, 3.8) is 0 Å². The molecule has 0 aromatic rings. The molecule has 1 heterocycles. The molecule has 1 aliphatic heterocycles. The van der Waals surface area contributed by atoms with Gasteiger partial charge in [0.05, 0.1) is 25.2 Å². The van der Waals surface area contributed by atoms with Crippen LogP contribution in [0.25, 0.3) is 0 Å². The van der Waals surface area contributed by atoms with Gasteiger partial charge >= 0.3 is 6.18 Å². The van der Waals surface area contributed by atoms with Crippen molar-refractivity contribution in [2.45, 2.75) is 37.3 Å². The number of hydrogen-bond acceptors (Lipinski definition) is 3. The van der Waals surface area contributed by atoms with Gasteiger partial charge in [0, 0.05) is 12.8 Å². The van der Waals surface area contributed by atoms with Gasteiger partial charge in [0.25, 0.3) is 0 Å². The highest BCUT2D eigenvalue weighted by Crippen LogP contribution is 2.45. The van der Waals surface area contributed by atoms with E-state index in [2.05, 4.69) is 0 Å². The zero-order valence-electron chi connectivity index (χ0n) is 8.09. The summed E-state index contributed by atoms with van der Waals surface area (Å²) in [4.78, 5) is 0. The Kier molecular flexibility index (Phi) is 2.68. The topological polar surface area (TPSA) is 38.7 Å². The van der Waals surface area contributed by atoms with Gasteiger partial charge in [-0.05, 0) is 6.42 Å². The lowest BCUT2D eigenvalue weighted by atomic mass is 9.82. The normalized spacial score (nSPS) is 36.0. The van der Waals surface area contributed by atoms with Crippen LogP contribution in [0.4, 0.5) is 13.2 Å². The van der Waals surface area contributed by atoms with Crippen molar-refractivity contribution in [3.8, 4) is 0 Å². The van der Waals surface area contributed by atoms with Gasteiger partial charge in [-0.3, -0.25) is 0 Å². The minimum Gasteiger partial charge on any atom is -0.393 e. The minimum atomic E-state index is -4.29. The second kappa shape index (κ2) is 3.61. The highest BCUT2D eigenvalue weighted by atomic mass is 19.4. The molecular formula is C9H13F3O3. The van der Waals surface area contributed by atoms with Crippen LogP contribution in [0.1, 0.15) is 19.3 Å². The Bertz CT molecular complexity index is 235. The van der Waals surface area contributed by atoms with E-state index in [9.17, 15) is 18.3 Å². The first kappa shape index (κ1) is 11.2. The molecule has 0 bridgehead atoms. The molecule has 0 amide bonds. The zero-order chi connectivity index (χ0) is 11.1. The molecule has 0 aromatic carbocycles. The van der Waals surface area contributed by atoms with E-state index in [-0.39, 0.29) is 19.3 Å². The zero-order valence-corrected chi connectivity index (χ0v) is 8.09. The van der Waals surface area contributed by atoms with E-state index in [0.29, 0.717) is 13.2 Å². The van der Waals surface area contributed by atoms with E-state index >= 15 is 0 Å². The molecule has 0 unspecified atom stereocenters. The fourth-order valence-corrected chi connectivity index (χ4v) is 2.29. The largest absolute Gasteiger partial charge is 0.393 e. The Hall–Kier alpha value is -0.330. The Balaban J connectivity index is 2.10. The van der Waals surface area contributed by atoms with E-state index in [0.717, 1.165) is 0 Å². The first-order chi connectivity index (χ1) is 6.91. The third kappa shape index (κ3) is 2.26. The number of aliphatic hydroxyl groups excluding tert-OH is 1. The highest BCUT2D eigenvalue weighted by Gasteiger charge is 2.52. The number of ether oxygens (including phenoxy) is 2. The molecule has 15 heavy (non-hydrogen) atoms. The molecule has 2 aliphatic rings. The van der Waals surface area contributed by atoms with Gasteiger partial charge in [-0.25, -0.2) is 0 Å². The van der Waals surface area contributed by atoms with Crippen LogP contribution in [0.5, 0.6) is 0 Å². The van der Waals surface area contributed by atoms with Gasteiger partial charge in [0.1, 0.15) is 0 Å². The van der Waals surface area contributed by atoms with Crippen molar-refractivity contribution in [2.75, 3.05) is 13.2 Å². The van der Waals surface area contributed by atoms with Crippen LogP contribution in [0.2, 0.25) is 0 Å². The molecule has 2 atom stereocenters. The molecular weight excluding hydrogens is 213 g/mol. The van der Waals surface area contributed by atoms with Crippen molar-refractivity contribution in [2.24, 2.45) is 5.92 Å². The predicted octanol–water partition coefficient (Wildman–Crippen LogP) is 1.45. The van der Waals surface area contributed by atoms with Gasteiger partial charge in [-0.1, -0.05) is 0 Å². The molecule has 2 fully saturated rings. The summed E-state index contributed by atoms with van der Waals surface area (Å²) < 4.78 is 48.0. The number of alkyl halides is 3. The second-order valence-electron chi connectivity index (χ2n) is 4.14. The minimum absolute atomic E-state index is 0.138. The lowest BCUT2D eigenvalue weighted by Crippen LogP contribution is -2.46. The summed E-state index contributed by atoms with van der Waals surface area (Å²) in [6.45, 7) is 0.606. The molecule has 1 spiro atoms. The molecule has 0 aromatic heterocycles. The summed E-state index contributed by atoms with van der Waals surface area (Å²) in [6.07, 6.45) is -5.60. The van der Waals surface area contributed by atoms with Crippen molar-refractivity contribution in [3.05, 3.63) is 0 Å². The number of hydrogen-bond donors (Lipinski definition) is 1. The van der Waals surface area contributed by atoms with Crippen molar-refractivity contribution < 1.29 is 27.8 Å². The Morgan fingerprint density at radius 3 is 2.27 bits per heavy atom. The van der Waals surface area contributed by atoms with E-state index in [1.807, 2.05) is 0 Å². The average Bonchev–Trinajstić information content (AvgIpc) is 2.50. The summed E-state index contributed by atoms with van der Waals surface area (Å²) in [6, 6.07) is 0. The highest BCUT2D eigenvalue weighted by molar-refractivity contribution is 4.90. The van der Waals surface area contributed by atoms with Crippen LogP contribution >= 0.6 is 0 Å². The summed E-state index contributed by atoms with van der Waals surface area (Å²) in [5, 5.41) is 9.41. The molecule has 0 radical (unpaired) electrons. The van der Waals surface area contributed by atoms with Crippen LogP contribution < -0.4 is 0 Å². The molecule has 3 nitrogen and oxygen atoms in total. The Morgan fingerprint density at radius 1 is 1.13 bits per heavy atom. The van der Waals surface area contributed by atoms with E-state index in [1.54, 1.807) is 0 Å². The number of halogens is 3. The third-order valence-corrected chi connectivity index (χ3v) is 2.94. The van der Waals surface area contributed by atoms with E-state index in [4.69, 9.17) is 9.47 Å². The van der Waals surface area contributed by atoms with Crippen LogP contribution in [0.3, 0.4) is 0 Å². The quantitative estimate of drug-likeness (QED) is 0.679. The van der Waals surface area contributed by atoms with Crippen molar-refractivity contribution in [1.82, 2.24) is 0 Å². The molecule has 88 valence electrons. The molecule has 6 heteroatoms. The maximum absolute atomic E-state index is 12.5. The standard InChI is InChI=1S/C9H13F3O3/c10-9(11,12)6-3-7(13)5-8(4-6)14-1-2-15-8/h6-7,13H,1-5H2/t6-,7+/m0/s1. The summed E-state index contributed by atoms with van der Waals surface area (Å²) in [5.41, 5.74) is 0. The third-order valence-electron chi connectivity index (χ3n) is 2.94. The van der Waals surface area contributed by atoms with Crippen LogP contribution in [-0.4, -0.2) is 36.4 Å². The van der Waals surface area contributed by atoms with Crippen molar-refractivity contribution >= 4 is 0 Å². The van der Waals surface area contributed by atoms with Gasteiger partial charge in [0.15, 0.2) is 5.79 Å². The average molecular weight is 226 g/mol. The molecule has 1 saturated carbocycles. The van der Waals surface area contributed by atoms with E-state index in [1.165, 1.54) is 0 Å². The monoisotopic (exact) mass is 226 g/mol. The second-order valence-corrected chi connectivity index (χ2v) is 4.14. The van der Waals surface area contributed by atoms with Gasteiger partial charge in [-0.15, -0.1) is 0 Å². The fourth-order valence-electron chi connectivity index (χ4n) is 2.29. The lowest BCUT2D eigenvalue weighted by molar-refractivity contribution is -0.258. The smallest absolute Gasteiger partial charge is 0.392 e. The van der Waals surface area contributed by atoms with Gasteiger partial charge < -0.3 is 14.6 Å². The molecule has 1 aliphatic carbocycles. The lowest BCUT2D eigenvalue weighted by Gasteiger charge is -2.39. The fraction of sp³-hybridized carbons (Fsp3) is 1.00. The summed E-state index contributed by atoms with van der Waals surface area (Å²) >= 11 is 0. The Morgan fingerprint density at radius 2 is 1.73 bits per heavy atom. The first-order valence-corrected chi connectivity index (χ1v) is 4.94. The predicted molar refractivity (Wildman–Crippen MR) is 44.0 cm³/mol. The van der Waals surface area contributed by atoms with Crippen LogP contribution in [0.15, 0.2) is 0 Å². The Labute approximate surface area is 85.2 Å². The maximum atomic E-state index is 12.5. The molecule has 1 saturated heterocycles. The van der Waals surface area contributed by atoms with Gasteiger partial charge in [0.2, 0.25) is 0 Å². The summed E-state index contributed by atoms with van der Waals surface area (Å²) in [7, 11) is 0. The molecule has 1 N–H and O–H groups in total. The number of rotatable bonds is 0. The van der Waals surface area contributed by atoms with Crippen molar-refractivity contribution in [1.29, 1.82) is 0 Å². The van der Waals surface area contributed by atoms with Crippen LogP contribution in [-0.2, 0) is 9.47 Å². The number of aliphatic hydroxyl groups is 1. The van der Waals surface area contributed by atoms with Crippen LogP contribution in [0, 0.1) is 5.92 Å².